The van der Waals surface area contributed by atoms with Gasteiger partial charge in [-0.25, -0.2) is 13.9 Å². The molecule has 1 fully saturated rings. The number of carbonyl (C=O) groups is 3. The summed E-state index contributed by atoms with van der Waals surface area (Å²) in [5, 5.41) is 6.55. The molecular weight excluding hydrogens is 421 g/mol. The van der Waals surface area contributed by atoms with Gasteiger partial charge in [0.2, 0.25) is 12.7 Å². The van der Waals surface area contributed by atoms with Gasteiger partial charge in [-0.05, 0) is 13.0 Å². The average Bonchev–Trinajstić information content (AvgIpc) is 3.02. The second-order valence-electron chi connectivity index (χ2n) is 7.29. The fraction of sp³-hybridized carbons (Fsp3) is 0.647. The Balaban J connectivity index is 1.92. The van der Waals surface area contributed by atoms with E-state index in [4.69, 9.17) is 18.3 Å². The molecule has 2 atom stereocenters. The molecule has 1 aromatic heterocycles. The van der Waals surface area contributed by atoms with Crippen LogP contribution in [0.5, 0.6) is 0 Å². The van der Waals surface area contributed by atoms with E-state index in [0.717, 1.165) is 0 Å². The van der Waals surface area contributed by atoms with E-state index < -0.39 is 44.0 Å². The van der Waals surface area contributed by atoms with Crippen molar-refractivity contribution in [2.75, 3.05) is 27.1 Å². The largest absolute Gasteiger partial charge is 0.478 e. The van der Waals surface area contributed by atoms with Gasteiger partial charge in [0, 0.05) is 19.0 Å². The number of ether oxygens (including phenoxy) is 2. The van der Waals surface area contributed by atoms with Crippen molar-refractivity contribution in [1.82, 2.24) is 15.1 Å². The Morgan fingerprint density at radius 1 is 1.40 bits per heavy atom. The Kier molecular flexibility index (Phi) is 7.75. The number of hydrogen-bond acceptors (Lipinski definition) is 10. The van der Waals surface area contributed by atoms with Crippen LogP contribution in [0, 0.1) is 12.3 Å². The Hall–Kier alpha value is -2.27. The summed E-state index contributed by atoms with van der Waals surface area (Å²) in [4.78, 5) is 35.7. The Morgan fingerprint density at radius 3 is 2.70 bits per heavy atom. The Morgan fingerprint density at radius 2 is 2.10 bits per heavy atom. The summed E-state index contributed by atoms with van der Waals surface area (Å²) >= 11 is 0. The van der Waals surface area contributed by atoms with Crippen molar-refractivity contribution < 1.29 is 42.0 Å². The summed E-state index contributed by atoms with van der Waals surface area (Å²) in [6.45, 7) is 4.30. The van der Waals surface area contributed by atoms with Crippen molar-refractivity contribution in [3.05, 3.63) is 17.5 Å². The molecule has 1 aromatic rings. The predicted octanol–water partition coefficient (Wildman–Crippen LogP) is 1.09. The van der Waals surface area contributed by atoms with Crippen molar-refractivity contribution in [1.29, 1.82) is 0 Å². The molecule has 30 heavy (non-hydrogen) atoms. The van der Waals surface area contributed by atoms with E-state index in [1.54, 1.807) is 27.8 Å². The van der Waals surface area contributed by atoms with Crippen LogP contribution in [-0.2, 0) is 44.2 Å². The molecule has 0 radical (unpaired) electrons. The topological polar surface area (TPSA) is 144 Å². The van der Waals surface area contributed by atoms with E-state index in [2.05, 4.69) is 15.2 Å². The fourth-order valence-corrected chi connectivity index (χ4v) is 4.10. The molecule has 1 amide bonds. The second kappa shape index (κ2) is 9.69. The third-order valence-electron chi connectivity index (χ3n) is 4.25. The van der Waals surface area contributed by atoms with Gasteiger partial charge < -0.3 is 14.8 Å². The number of aromatic nitrogens is 2. The van der Waals surface area contributed by atoms with Gasteiger partial charge in [0.05, 0.1) is 25.8 Å². The molecule has 2 heterocycles. The molecule has 13 heteroatoms. The molecule has 0 saturated carbocycles. The van der Waals surface area contributed by atoms with Crippen molar-refractivity contribution >= 4 is 25.7 Å². The first-order chi connectivity index (χ1) is 14.0. The lowest BCUT2D eigenvalue weighted by molar-refractivity contribution is -0.144. The zero-order valence-electron chi connectivity index (χ0n) is 17.5. The van der Waals surface area contributed by atoms with Crippen LogP contribution in [0.1, 0.15) is 36.5 Å². The van der Waals surface area contributed by atoms with Crippen LogP contribution in [-0.4, -0.2) is 60.8 Å². The molecule has 0 spiro atoms. The lowest BCUT2D eigenvalue weighted by atomic mass is 9.87. The van der Waals surface area contributed by atoms with Gasteiger partial charge in [-0.1, -0.05) is 13.8 Å². The number of carbonyl (C=O) groups excluding carboxylic acids is 3. The van der Waals surface area contributed by atoms with E-state index in [1.807, 2.05) is 0 Å². The number of nitrogens with zero attached hydrogens (tertiary/aromatic N) is 2. The van der Waals surface area contributed by atoms with Crippen molar-refractivity contribution in [2.24, 2.45) is 12.5 Å². The maximum absolute atomic E-state index is 12.7. The number of esters is 2. The van der Waals surface area contributed by atoms with Gasteiger partial charge in [0.1, 0.15) is 5.69 Å². The summed E-state index contributed by atoms with van der Waals surface area (Å²) in [6, 6.07) is 1.52. The maximum atomic E-state index is 12.7. The molecule has 1 saturated heterocycles. The molecule has 0 unspecified atom stereocenters. The number of phosphoric acid groups is 1. The minimum atomic E-state index is -4.17. The van der Waals surface area contributed by atoms with Crippen LogP contribution in [0.4, 0.5) is 0 Å². The van der Waals surface area contributed by atoms with Gasteiger partial charge in [-0.15, -0.1) is 0 Å². The lowest BCUT2D eigenvalue weighted by Gasteiger charge is -2.39. The molecule has 1 aliphatic rings. The van der Waals surface area contributed by atoms with Crippen LogP contribution in [0.2, 0.25) is 0 Å². The van der Waals surface area contributed by atoms with Gasteiger partial charge in [0.25, 0.3) is 0 Å². The minimum absolute atomic E-state index is 0.0230. The molecule has 0 aliphatic carbocycles. The van der Waals surface area contributed by atoms with Gasteiger partial charge in [-0.2, -0.15) is 5.10 Å². The number of aryl methyl sites for hydroxylation is 2. The third kappa shape index (κ3) is 6.11. The van der Waals surface area contributed by atoms with E-state index >= 15 is 0 Å². The van der Waals surface area contributed by atoms with Gasteiger partial charge >= 0.3 is 19.8 Å². The summed E-state index contributed by atoms with van der Waals surface area (Å²) in [5.41, 5.74) is -0.0144. The number of phosphoric ester groups is 1. The summed E-state index contributed by atoms with van der Waals surface area (Å²) in [7, 11) is -1.35. The maximum Gasteiger partial charge on any atom is 0.478 e. The van der Waals surface area contributed by atoms with Crippen LogP contribution in [0.3, 0.4) is 0 Å². The third-order valence-corrected chi connectivity index (χ3v) is 5.58. The number of hydrogen-bond donors (Lipinski definition) is 1. The molecule has 0 bridgehead atoms. The highest BCUT2D eigenvalue weighted by molar-refractivity contribution is 7.48. The van der Waals surface area contributed by atoms with Crippen molar-refractivity contribution in [2.45, 2.75) is 33.3 Å². The van der Waals surface area contributed by atoms with Crippen LogP contribution < -0.4 is 5.32 Å². The monoisotopic (exact) mass is 447 g/mol. The van der Waals surface area contributed by atoms with Gasteiger partial charge in [0.15, 0.2) is 6.10 Å². The quantitative estimate of drug-likeness (QED) is 0.349. The second-order valence-corrected chi connectivity index (χ2v) is 8.91. The first-order valence-corrected chi connectivity index (χ1v) is 10.5. The molecule has 1 N–H and O–H groups in total. The summed E-state index contributed by atoms with van der Waals surface area (Å²) < 4.78 is 39.0. The summed E-state index contributed by atoms with van der Waals surface area (Å²) in [5.74, 6) is -1.81. The van der Waals surface area contributed by atoms with E-state index in [-0.39, 0.29) is 25.3 Å². The normalized spacial score (nSPS) is 22.9. The van der Waals surface area contributed by atoms with Crippen LogP contribution in [0.15, 0.2) is 6.07 Å². The average molecular weight is 447 g/mol. The zero-order chi connectivity index (χ0) is 22.5. The molecule has 2 rings (SSSR count). The highest BCUT2D eigenvalue weighted by Crippen LogP contribution is 2.57. The Bertz CT molecular complexity index is 852. The number of rotatable bonds is 8. The fourth-order valence-electron chi connectivity index (χ4n) is 2.60. The van der Waals surface area contributed by atoms with Crippen molar-refractivity contribution in [3.8, 4) is 0 Å². The van der Waals surface area contributed by atoms with Crippen LogP contribution >= 0.6 is 7.82 Å². The zero-order valence-corrected chi connectivity index (χ0v) is 18.4. The molecule has 168 valence electrons. The number of methoxy groups -OCH3 is 1. The molecule has 12 nitrogen and oxygen atoms in total. The predicted molar refractivity (Wildman–Crippen MR) is 101 cm³/mol. The smallest absolute Gasteiger partial charge is 0.469 e. The minimum Gasteiger partial charge on any atom is -0.469 e. The molecular formula is C17H26N3O9P. The Labute approximate surface area is 173 Å². The van der Waals surface area contributed by atoms with Crippen molar-refractivity contribution in [3.63, 3.8) is 0 Å². The lowest BCUT2D eigenvalue weighted by Crippen LogP contribution is -2.50. The van der Waals surface area contributed by atoms with Crippen LogP contribution in [0.25, 0.3) is 0 Å². The van der Waals surface area contributed by atoms with Gasteiger partial charge in [-0.3, -0.25) is 23.3 Å². The first kappa shape index (κ1) is 24.0. The standard InChI is InChI=1S/C17H26N3O9P/c1-11-8-12(20(4)19-11)16(23)26-10-28-30(24)27-9-17(2,3)14(29-30)15(22)18-7-6-13(21)25-5/h8,14H,6-7,9-10H2,1-5H3,(H,18,22)/t14-,30-/m0/s1. The first-order valence-electron chi connectivity index (χ1n) is 9.07. The highest BCUT2D eigenvalue weighted by Gasteiger charge is 2.49. The van der Waals surface area contributed by atoms with E-state index in [9.17, 15) is 18.9 Å². The molecule has 1 aliphatic heterocycles. The highest BCUT2D eigenvalue weighted by atomic mass is 31.2. The SMILES string of the molecule is COC(=O)CCNC(=O)[C@@H]1O[P@](=O)(OCOC(=O)c2cc(C)nn2C)OCC1(C)C. The summed E-state index contributed by atoms with van der Waals surface area (Å²) in [6.07, 6.45) is -1.20. The number of nitrogens with one attached hydrogen (secondary N) is 1. The molecule has 0 aromatic carbocycles. The van der Waals surface area contributed by atoms with E-state index in [0.29, 0.717) is 5.69 Å². The number of amides is 1. The van der Waals surface area contributed by atoms with E-state index in [1.165, 1.54) is 17.9 Å².